The van der Waals surface area contributed by atoms with Crippen molar-refractivity contribution >= 4 is 20.0 Å². The maximum atomic E-state index is 12.6. The molecule has 0 bridgehead atoms. The summed E-state index contributed by atoms with van der Waals surface area (Å²) in [5.41, 5.74) is 0.733. The van der Waals surface area contributed by atoms with Crippen LogP contribution in [0.1, 0.15) is 5.56 Å². The molecule has 3 rings (SSSR count). The fraction of sp³-hybridized carbons (Fsp3) is 0.200. The lowest BCUT2D eigenvalue weighted by atomic mass is 10.2. The summed E-state index contributed by atoms with van der Waals surface area (Å²) >= 11 is 0. The van der Waals surface area contributed by atoms with Crippen LogP contribution >= 0.6 is 0 Å². The van der Waals surface area contributed by atoms with Crippen LogP contribution < -0.4 is 14.6 Å². The van der Waals surface area contributed by atoms with E-state index < -0.39 is 20.0 Å². The van der Waals surface area contributed by atoms with Gasteiger partial charge in [0.1, 0.15) is 0 Å². The van der Waals surface area contributed by atoms with Crippen molar-refractivity contribution in [1.29, 1.82) is 0 Å². The number of hydrogen-bond acceptors (Lipinski definition) is 6. The van der Waals surface area contributed by atoms with Crippen LogP contribution in [0.4, 0.5) is 0 Å². The molecule has 10 heteroatoms. The molecule has 0 atom stereocenters. The molecule has 1 heterocycles. The van der Waals surface area contributed by atoms with Crippen molar-refractivity contribution in [3.05, 3.63) is 48.0 Å². The largest absolute Gasteiger partial charge is 0.454 e. The molecule has 0 amide bonds. The third-order valence-corrected chi connectivity index (χ3v) is 6.45. The lowest BCUT2D eigenvalue weighted by Crippen LogP contribution is -2.26. The zero-order chi connectivity index (χ0) is 18.2. The van der Waals surface area contributed by atoms with E-state index in [1.165, 1.54) is 19.2 Å². The minimum absolute atomic E-state index is 0.0249. The molecule has 0 unspecified atom stereocenters. The topological polar surface area (TPSA) is 116 Å². The van der Waals surface area contributed by atoms with Crippen molar-refractivity contribution < 1.29 is 26.3 Å². The highest BCUT2D eigenvalue weighted by Gasteiger charge is 2.22. The predicted molar refractivity (Wildman–Crippen MR) is 89.0 cm³/mol. The van der Waals surface area contributed by atoms with Gasteiger partial charge in [0.25, 0.3) is 0 Å². The van der Waals surface area contributed by atoms with Gasteiger partial charge in [-0.1, -0.05) is 6.07 Å². The van der Waals surface area contributed by atoms with E-state index in [0.29, 0.717) is 11.5 Å². The average Bonchev–Trinajstić information content (AvgIpc) is 3.01. The molecule has 8 nitrogen and oxygen atoms in total. The Morgan fingerprint density at radius 3 is 2.20 bits per heavy atom. The highest BCUT2D eigenvalue weighted by atomic mass is 32.2. The van der Waals surface area contributed by atoms with Crippen molar-refractivity contribution in [2.24, 2.45) is 5.14 Å². The first-order valence-corrected chi connectivity index (χ1v) is 10.1. The second-order valence-electron chi connectivity index (χ2n) is 5.47. The molecule has 2 aromatic carbocycles. The molecular weight excluding hydrogens is 368 g/mol. The maximum absolute atomic E-state index is 12.6. The number of primary sulfonamides is 1. The molecule has 0 radical (unpaired) electrons. The summed E-state index contributed by atoms with van der Waals surface area (Å²) in [7, 11) is -6.22. The number of benzene rings is 2. The van der Waals surface area contributed by atoms with E-state index in [-0.39, 0.29) is 23.1 Å². The van der Waals surface area contributed by atoms with Crippen LogP contribution in [0.3, 0.4) is 0 Å². The van der Waals surface area contributed by atoms with Crippen LogP contribution in [-0.2, 0) is 26.6 Å². The van der Waals surface area contributed by atoms with E-state index >= 15 is 0 Å². The van der Waals surface area contributed by atoms with Gasteiger partial charge in [-0.25, -0.2) is 22.0 Å². The SMILES string of the molecule is CN(Cc1ccc2c(c1)OCO2)S(=O)(=O)c1ccc(S(N)(=O)=O)cc1. The standard InChI is InChI=1S/C15H16N2O6S2/c1-17(9-11-2-7-14-15(8-11)23-10-22-14)25(20,21)13-5-3-12(4-6-13)24(16,18)19/h2-8H,9-10H2,1H3,(H2,16,18,19). The molecule has 134 valence electrons. The van der Waals surface area contributed by atoms with Gasteiger partial charge in [-0.3, -0.25) is 0 Å². The molecule has 25 heavy (non-hydrogen) atoms. The van der Waals surface area contributed by atoms with Gasteiger partial charge in [-0.15, -0.1) is 0 Å². The van der Waals surface area contributed by atoms with E-state index in [2.05, 4.69) is 0 Å². The van der Waals surface area contributed by atoms with Gasteiger partial charge in [-0.05, 0) is 42.0 Å². The van der Waals surface area contributed by atoms with E-state index in [9.17, 15) is 16.8 Å². The molecule has 0 aromatic heterocycles. The summed E-state index contributed by atoms with van der Waals surface area (Å²) in [5, 5.41) is 5.01. The third kappa shape index (κ3) is 3.61. The van der Waals surface area contributed by atoms with Crippen LogP contribution in [0.2, 0.25) is 0 Å². The number of nitrogens with zero attached hydrogens (tertiary/aromatic N) is 1. The molecule has 0 aliphatic carbocycles. The number of nitrogens with two attached hydrogens (primary N) is 1. The van der Waals surface area contributed by atoms with Crippen molar-refractivity contribution in [3.8, 4) is 11.5 Å². The van der Waals surface area contributed by atoms with E-state index in [0.717, 1.165) is 22.0 Å². The Balaban J connectivity index is 1.82. The maximum Gasteiger partial charge on any atom is 0.243 e. The van der Waals surface area contributed by atoms with Crippen LogP contribution in [0, 0.1) is 0 Å². The van der Waals surface area contributed by atoms with Crippen molar-refractivity contribution in [3.63, 3.8) is 0 Å². The van der Waals surface area contributed by atoms with Crippen LogP contribution in [0.15, 0.2) is 52.3 Å². The first-order chi connectivity index (χ1) is 11.7. The first-order valence-electron chi connectivity index (χ1n) is 7.16. The van der Waals surface area contributed by atoms with Gasteiger partial charge in [0.15, 0.2) is 11.5 Å². The van der Waals surface area contributed by atoms with Crippen molar-refractivity contribution in [1.82, 2.24) is 4.31 Å². The molecule has 0 saturated carbocycles. The zero-order valence-electron chi connectivity index (χ0n) is 13.2. The van der Waals surface area contributed by atoms with Gasteiger partial charge in [0.05, 0.1) is 9.79 Å². The second kappa shape index (κ2) is 6.30. The van der Waals surface area contributed by atoms with Crippen molar-refractivity contribution in [2.75, 3.05) is 13.8 Å². The molecule has 0 spiro atoms. The Morgan fingerprint density at radius 1 is 0.960 bits per heavy atom. The first kappa shape index (κ1) is 17.7. The van der Waals surface area contributed by atoms with Crippen LogP contribution in [-0.4, -0.2) is 35.0 Å². The number of fused-ring (bicyclic) bond motifs is 1. The van der Waals surface area contributed by atoms with Gasteiger partial charge in [-0.2, -0.15) is 4.31 Å². The molecule has 0 fully saturated rings. The van der Waals surface area contributed by atoms with E-state index in [1.807, 2.05) is 0 Å². The number of ether oxygens (including phenoxy) is 2. The minimum atomic E-state index is -3.87. The van der Waals surface area contributed by atoms with E-state index in [1.54, 1.807) is 18.2 Å². The van der Waals surface area contributed by atoms with Gasteiger partial charge in [0, 0.05) is 13.6 Å². The number of rotatable bonds is 5. The molecule has 1 aliphatic heterocycles. The smallest absolute Gasteiger partial charge is 0.243 e. The summed E-state index contributed by atoms with van der Waals surface area (Å²) in [6, 6.07) is 9.95. The average molecular weight is 384 g/mol. The highest BCUT2D eigenvalue weighted by molar-refractivity contribution is 7.89. The lowest BCUT2D eigenvalue weighted by molar-refractivity contribution is 0.174. The Kier molecular flexibility index (Phi) is 4.45. The monoisotopic (exact) mass is 384 g/mol. The Labute approximate surface area is 145 Å². The molecular formula is C15H16N2O6S2. The summed E-state index contributed by atoms with van der Waals surface area (Å²) in [6.07, 6.45) is 0. The third-order valence-electron chi connectivity index (χ3n) is 3.70. The number of hydrogen-bond donors (Lipinski definition) is 1. The Morgan fingerprint density at radius 2 is 1.56 bits per heavy atom. The van der Waals surface area contributed by atoms with Crippen LogP contribution in [0.5, 0.6) is 11.5 Å². The van der Waals surface area contributed by atoms with Gasteiger partial charge < -0.3 is 9.47 Å². The molecule has 1 aliphatic rings. The minimum Gasteiger partial charge on any atom is -0.454 e. The number of sulfonamides is 2. The summed E-state index contributed by atoms with van der Waals surface area (Å²) in [6.45, 7) is 0.263. The van der Waals surface area contributed by atoms with Gasteiger partial charge >= 0.3 is 0 Å². The Bertz CT molecular complexity index is 1000. The zero-order valence-corrected chi connectivity index (χ0v) is 14.9. The fourth-order valence-corrected chi connectivity index (χ4v) is 4.04. The predicted octanol–water partition coefficient (Wildman–Crippen LogP) is 0.883. The fourth-order valence-electron chi connectivity index (χ4n) is 2.36. The summed E-state index contributed by atoms with van der Waals surface area (Å²) in [4.78, 5) is -0.173. The summed E-state index contributed by atoms with van der Waals surface area (Å²) in [5.74, 6) is 1.19. The highest BCUT2D eigenvalue weighted by Crippen LogP contribution is 2.33. The normalized spacial score (nSPS) is 14.0. The Hall–Kier alpha value is -2.14. The lowest BCUT2D eigenvalue weighted by Gasteiger charge is -2.17. The quantitative estimate of drug-likeness (QED) is 0.818. The van der Waals surface area contributed by atoms with Crippen molar-refractivity contribution in [2.45, 2.75) is 16.3 Å². The van der Waals surface area contributed by atoms with Crippen LogP contribution in [0.25, 0.3) is 0 Å². The molecule has 0 saturated heterocycles. The van der Waals surface area contributed by atoms with E-state index in [4.69, 9.17) is 14.6 Å². The molecule has 2 N–H and O–H groups in total. The summed E-state index contributed by atoms with van der Waals surface area (Å²) < 4.78 is 59.4. The second-order valence-corrected chi connectivity index (χ2v) is 9.07. The van der Waals surface area contributed by atoms with Gasteiger partial charge in [0.2, 0.25) is 26.8 Å². The molecule has 2 aromatic rings.